The maximum Gasteiger partial charge on any atom is 0.0946 e. The van der Waals surface area contributed by atoms with Crippen molar-refractivity contribution >= 4 is 27.3 Å². The molecular weight excluding hydrogens is 340 g/mol. The second-order valence-corrected chi connectivity index (χ2v) is 8.65. The molecule has 1 N–H and O–H groups in total. The highest BCUT2D eigenvalue weighted by Crippen LogP contribution is 2.33. The van der Waals surface area contributed by atoms with Crippen molar-refractivity contribution in [2.45, 2.75) is 39.5 Å². The zero-order chi connectivity index (χ0) is 19.2. The molecule has 1 aromatic carbocycles. The predicted octanol–water partition coefficient (Wildman–Crippen LogP) is 5.57. The molecule has 0 bridgehead atoms. The Morgan fingerprint density at radius 1 is 1.46 bits per heavy atom. The van der Waals surface area contributed by atoms with Crippen LogP contribution in [-0.2, 0) is 9.71 Å². The number of nitriles is 1. The zero-order valence-electron chi connectivity index (χ0n) is 15.7. The highest BCUT2D eigenvalue weighted by molar-refractivity contribution is 8.05. The van der Waals surface area contributed by atoms with Crippen molar-refractivity contribution in [3.8, 4) is 6.07 Å². The van der Waals surface area contributed by atoms with Gasteiger partial charge in [0.25, 0.3) is 0 Å². The molecule has 1 aliphatic rings. The summed E-state index contributed by atoms with van der Waals surface area (Å²) in [6.45, 7) is 5.80. The Morgan fingerprint density at radius 3 is 2.92 bits per heavy atom. The number of anilines is 1. The fourth-order valence-corrected chi connectivity index (χ4v) is 3.93. The van der Waals surface area contributed by atoms with Crippen LogP contribution >= 0.6 is 0 Å². The van der Waals surface area contributed by atoms with Crippen molar-refractivity contribution in [3.05, 3.63) is 70.2 Å². The first-order valence-corrected chi connectivity index (χ1v) is 10.4. The molecule has 0 spiro atoms. The van der Waals surface area contributed by atoms with Gasteiger partial charge in [-0.25, -0.2) is 4.21 Å². The van der Waals surface area contributed by atoms with Crippen LogP contribution in [0, 0.1) is 11.3 Å². The molecule has 0 aliphatic heterocycles. The highest BCUT2D eigenvalue weighted by atomic mass is 32.2. The van der Waals surface area contributed by atoms with Crippen molar-refractivity contribution in [2.24, 2.45) is 0 Å². The van der Waals surface area contributed by atoms with Crippen LogP contribution in [0.25, 0.3) is 6.08 Å². The van der Waals surface area contributed by atoms with Crippen molar-refractivity contribution in [1.82, 2.24) is 0 Å². The summed E-state index contributed by atoms with van der Waals surface area (Å²) in [6, 6.07) is 8.13. The Labute approximate surface area is 157 Å². The van der Waals surface area contributed by atoms with E-state index in [0.29, 0.717) is 22.8 Å². The summed E-state index contributed by atoms with van der Waals surface area (Å²) in [5.41, 5.74) is 3.79. The highest BCUT2D eigenvalue weighted by Gasteiger charge is 2.17. The minimum atomic E-state index is -2.67. The summed E-state index contributed by atoms with van der Waals surface area (Å²) in [6.07, 6.45) is 13.3. The molecule has 4 heteroatoms. The molecule has 2 atom stereocenters. The van der Waals surface area contributed by atoms with Gasteiger partial charge in [0, 0.05) is 16.9 Å². The first kappa shape index (κ1) is 19.8. The molecule has 0 aromatic heterocycles. The monoisotopic (exact) mass is 366 g/mol. The van der Waals surface area contributed by atoms with E-state index in [4.69, 9.17) is 5.26 Å². The van der Waals surface area contributed by atoms with Crippen LogP contribution in [0.4, 0.5) is 5.69 Å². The van der Waals surface area contributed by atoms with Crippen LogP contribution in [0.3, 0.4) is 0 Å². The Hall–Kier alpha value is -2.51. The van der Waals surface area contributed by atoms with E-state index < -0.39 is 9.71 Å². The molecule has 0 amide bonds. The fourth-order valence-electron chi connectivity index (χ4n) is 2.88. The number of hydrogen-bond donors (Lipinski definition) is 1. The van der Waals surface area contributed by atoms with E-state index in [1.165, 1.54) is 0 Å². The van der Waals surface area contributed by atoms with Crippen LogP contribution in [0.1, 0.15) is 50.7 Å². The van der Waals surface area contributed by atoms with Gasteiger partial charge in [-0.05, 0) is 49.2 Å². The minimum absolute atomic E-state index is 0.308. The zero-order valence-corrected chi connectivity index (χ0v) is 16.5. The molecule has 2 unspecified atom stereocenters. The lowest BCUT2D eigenvalue weighted by Gasteiger charge is -2.22. The smallest absolute Gasteiger partial charge is 0.0946 e. The molecule has 1 aromatic rings. The van der Waals surface area contributed by atoms with E-state index in [-0.39, 0.29) is 0 Å². The maximum atomic E-state index is 13.2. The predicted molar refractivity (Wildman–Crippen MR) is 114 cm³/mol. The first-order valence-electron chi connectivity index (χ1n) is 8.72. The van der Waals surface area contributed by atoms with Crippen molar-refractivity contribution in [3.63, 3.8) is 0 Å². The lowest BCUT2D eigenvalue weighted by atomic mass is 9.90. The van der Waals surface area contributed by atoms with Crippen molar-refractivity contribution < 1.29 is 4.21 Å². The number of rotatable bonds is 5. The van der Waals surface area contributed by atoms with E-state index in [9.17, 15) is 4.21 Å². The molecular formula is C22H26N2OS. The van der Waals surface area contributed by atoms with Gasteiger partial charge in [0.05, 0.1) is 21.5 Å². The third-order valence-corrected chi connectivity index (χ3v) is 6.30. The van der Waals surface area contributed by atoms with Gasteiger partial charge in [-0.15, -0.1) is 0 Å². The Balaban J connectivity index is 2.35. The number of nitrogens with zero attached hydrogens (tertiary/aromatic N) is 1. The van der Waals surface area contributed by atoms with Gasteiger partial charge in [-0.1, -0.05) is 55.5 Å². The molecule has 0 fully saturated rings. The standard InChI is InChI=1S/C22H26N2OS/c1-5-19(16-23)15-14-18(3)26(4,25)24-21-13-9-12-20-11-8-6-7-10-17(2)22(20)21/h5-9,11-14,17H,4,10,15H2,1-3H3,(H,24,25)/b7-6+,11-8-,18-14+,19-5?. The molecule has 1 aliphatic carbocycles. The minimum Gasteiger partial charge on any atom is -0.309 e. The second kappa shape index (κ2) is 8.73. The number of fused-ring (bicyclic) bond motifs is 1. The third-order valence-electron chi connectivity index (χ3n) is 4.54. The molecule has 0 saturated carbocycles. The molecule has 136 valence electrons. The van der Waals surface area contributed by atoms with Gasteiger partial charge in [-0.3, -0.25) is 0 Å². The lowest BCUT2D eigenvalue weighted by Crippen LogP contribution is -2.16. The van der Waals surface area contributed by atoms with Crippen LogP contribution in [0.15, 0.2) is 59.1 Å². The molecule has 0 saturated heterocycles. The van der Waals surface area contributed by atoms with E-state index >= 15 is 0 Å². The topological polar surface area (TPSA) is 52.9 Å². The molecule has 3 nitrogen and oxygen atoms in total. The maximum absolute atomic E-state index is 13.2. The molecule has 0 heterocycles. The van der Waals surface area contributed by atoms with Crippen LogP contribution in [0.5, 0.6) is 0 Å². The van der Waals surface area contributed by atoms with E-state index in [1.807, 2.05) is 31.2 Å². The Bertz CT molecular complexity index is 925. The molecule has 26 heavy (non-hydrogen) atoms. The van der Waals surface area contributed by atoms with Crippen LogP contribution < -0.4 is 4.72 Å². The summed E-state index contributed by atoms with van der Waals surface area (Å²) in [7, 11) is -2.67. The van der Waals surface area contributed by atoms with Gasteiger partial charge in [0.2, 0.25) is 0 Å². The third kappa shape index (κ3) is 4.77. The normalized spacial score (nSPS) is 22.2. The van der Waals surface area contributed by atoms with Gasteiger partial charge in [0.15, 0.2) is 0 Å². The Morgan fingerprint density at radius 2 is 2.23 bits per heavy atom. The van der Waals surface area contributed by atoms with E-state index in [1.54, 1.807) is 13.0 Å². The van der Waals surface area contributed by atoms with Crippen LogP contribution in [0.2, 0.25) is 0 Å². The summed E-state index contributed by atoms with van der Waals surface area (Å²) in [5.74, 6) is 4.23. The number of benzene rings is 1. The lowest BCUT2D eigenvalue weighted by molar-refractivity contribution is 0.687. The second-order valence-electron chi connectivity index (χ2n) is 6.45. The first-order chi connectivity index (χ1) is 12.4. The largest absolute Gasteiger partial charge is 0.309 e. The summed E-state index contributed by atoms with van der Waals surface area (Å²) in [5, 5.41) is 9.03. The van der Waals surface area contributed by atoms with Gasteiger partial charge >= 0.3 is 0 Å². The Kier molecular flexibility index (Phi) is 6.65. The quantitative estimate of drug-likeness (QED) is 0.547. The van der Waals surface area contributed by atoms with Crippen LogP contribution in [-0.4, -0.2) is 10.1 Å². The average Bonchev–Trinajstić information content (AvgIpc) is 2.59. The van der Waals surface area contributed by atoms with Crippen molar-refractivity contribution in [1.29, 1.82) is 5.26 Å². The van der Waals surface area contributed by atoms with E-state index in [0.717, 1.165) is 23.2 Å². The van der Waals surface area contributed by atoms with Gasteiger partial charge in [0.1, 0.15) is 0 Å². The van der Waals surface area contributed by atoms with Crippen molar-refractivity contribution in [2.75, 3.05) is 4.72 Å². The van der Waals surface area contributed by atoms with Gasteiger partial charge in [-0.2, -0.15) is 5.26 Å². The SMILES string of the molecule is C=S(=O)(Nc1cccc2c1C(C)C/C=C/C=C\2)/C(C)=C/CC(C#N)=CC. The number of allylic oxidation sites excluding steroid dienone is 7. The molecule has 0 radical (unpaired) electrons. The number of hydrogen-bond acceptors (Lipinski definition) is 2. The fraction of sp³-hybridized carbons (Fsp3) is 0.273. The summed E-state index contributed by atoms with van der Waals surface area (Å²) in [4.78, 5) is 0.652. The summed E-state index contributed by atoms with van der Waals surface area (Å²) < 4.78 is 16.3. The van der Waals surface area contributed by atoms with E-state index in [2.05, 4.69) is 47.9 Å². The number of nitrogens with one attached hydrogen (secondary N) is 1. The average molecular weight is 367 g/mol. The van der Waals surface area contributed by atoms with Gasteiger partial charge < -0.3 is 4.72 Å². The summed E-state index contributed by atoms with van der Waals surface area (Å²) >= 11 is 0. The molecule has 2 rings (SSSR count).